The fourth-order valence-corrected chi connectivity index (χ4v) is 2.27. The van der Waals surface area contributed by atoms with Crippen LogP contribution in [0.4, 0.5) is 17.2 Å². The number of hydrogen-bond acceptors (Lipinski definition) is 5. The summed E-state index contributed by atoms with van der Waals surface area (Å²) in [6.45, 7) is 3.59. The Morgan fingerprint density at radius 1 is 1.22 bits per heavy atom. The van der Waals surface area contributed by atoms with Crippen molar-refractivity contribution in [2.75, 3.05) is 24.3 Å². The number of nitrogens with one attached hydrogen (secondary N) is 1. The molecule has 1 amide bonds. The number of aryl methyl sites for hydroxylation is 2. The van der Waals surface area contributed by atoms with Crippen LogP contribution in [-0.2, 0) is 0 Å². The molecule has 7 heteroatoms. The highest BCUT2D eigenvalue weighted by atomic mass is 16.6. The van der Waals surface area contributed by atoms with Crippen LogP contribution in [-0.4, -0.2) is 29.9 Å². The number of amides is 1. The van der Waals surface area contributed by atoms with Gasteiger partial charge in [0.2, 0.25) is 0 Å². The Hall–Kier alpha value is -2.96. The van der Waals surface area contributed by atoms with Gasteiger partial charge in [-0.05, 0) is 43.2 Å². The lowest BCUT2D eigenvalue weighted by Gasteiger charge is -2.16. The number of benzene rings is 1. The number of hydrogen-bond donors (Lipinski definition) is 1. The predicted molar refractivity (Wildman–Crippen MR) is 89.1 cm³/mol. The lowest BCUT2D eigenvalue weighted by atomic mass is 10.1. The third-order valence-corrected chi connectivity index (χ3v) is 3.45. The Bertz CT molecular complexity index is 772. The number of carbonyl (C=O) groups excluding carboxylic acids is 1. The number of carbonyl (C=O) groups is 1. The first kappa shape index (κ1) is 16.4. The van der Waals surface area contributed by atoms with E-state index in [9.17, 15) is 14.9 Å². The minimum absolute atomic E-state index is 0.105. The summed E-state index contributed by atoms with van der Waals surface area (Å²) in [6, 6.07) is 6.78. The van der Waals surface area contributed by atoms with Gasteiger partial charge in [-0.25, -0.2) is 4.98 Å². The number of nitro groups is 1. The maximum absolute atomic E-state index is 12.3. The third kappa shape index (κ3) is 3.63. The van der Waals surface area contributed by atoms with Crippen LogP contribution in [0.1, 0.15) is 21.5 Å². The van der Waals surface area contributed by atoms with Crippen molar-refractivity contribution in [2.45, 2.75) is 13.8 Å². The van der Waals surface area contributed by atoms with Crippen LogP contribution in [0.5, 0.6) is 0 Å². The summed E-state index contributed by atoms with van der Waals surface area (Å²) in [5.74, 6) is 0.0119. The van der Waals surface area contributed by atoms with Crippen LogP contribution in [0, 0.1) is 24.0 Å². The Morgan fingerprint density at radius 3 is 2.43 bits per heavy atom. The van der Waals surface area contributed by atoms with Crippen molar-refractivity contribution in [1.82, 2.24) is 4.98 Å². The van der Waals surface area contributed by atoms with E-state index in [0.717, 1.165) is 17.4 Å². The number of pyridine rings is 1. The van der Waals surface area contributed by atoms with Crippen LogP contribution in [0.2, 0.25) is 0 Å². The van der Waals surface area contributed by atoms with Gasteiger partial charge in [0.15, 0.2) is 0 Å². The molecule has 120 valence electrons. The second kappa shape index (κ2) is 6.43. The number of nitrogens with zero attached hydrogens (tertiary/aromatic N) is 3. The molecule has 0 aliphatic rings. The molecule has 7 nitrogen and oxygen atoms in total. The Balaban J connectivity index is 2.22. The second-order valence-electron chi connectivity index (χ2n) is 5.47. The average Bonchev–Trinajstić information content (AvgIpc) is 2.48. The molecule has 0 spiro atoms. The first-order chi connectivity index (χ1) is 10.8. The Kier molecular flexibility index (Phi) is 4.59. The van der Waals surface area contributed by atoms with Gasteiger partial charge in [0.1, 0.15) is 12.0 Å². The fraction of sp³-hybridized carbons (Fsp3) is 0.250. The zero-order chi connectivity index (χ0) is 17.1. The van der Waals surface area contributed by atoms with Crippen molar-refractivity contribution in [2.24, 2.45) is 0 Å². The number of aromatic nitrogens is 1. The quantitative estimate of drug-likeness (QED) is 0.692. The highest BCUT2D eigenvalue weighted by molar-refractivity contribution is 6.04. The largest absolute Gasteiger partial charge is 0.377 e. The SMILES string of the molecule is Cc1cc(C(=O)Nc2ncc([N+](=O)[O-])cc2C)ccc1N(C)C. The molecule has 1 aromatic carbocycles. The minimum atomic E-state index is -0.519. The van der Waals surface area contributed by atoms with Crippen LogP contribution in [0.25, 0.3) is 0 Å². The van der Waals surface area contributed by atoms with Gasteiger partial charge in [0.05, 0.1) is 4.92 Å². The molecule has 1 heterocycles. The van der Waals surface area contributed by atoms with E-state index in [1.165, 1.54) is 6.07 Å². The molecule has 0 fully saturated rings. The van der Waals surface area contributed by atoms with Crippen molar-refractivity contribution >= 4 is 23.1 Å². The highest BCUT2D eigenvalue weighted by Crippen LogP contribution is 2.21. The van der Waals surface area contributed by atoms with E-state index >= 15 is 0 Å². The summed E-state index contributed by atoms with van der Waals surface area (Å²) in [5.41, 5.74) is 2.95. The first-order valence-corrected chi connectivity index (χ1v) is 7.00. The van der Waals surface area contributed by atoms with Crippen molar-refractivity contribution < 1.29 is 9.72 Å². The van der Waals surface area contributed by atoms with E-state index in [2.05, 4.69) is 10.3 Å². The summed E-state index contributed by atoms with van der Waals surface area (Å²) in [7, 11) is 3.87. The molecule has 1 N–H and O–H groups in total. The van der Waals surface area contributed by atoms with Crippen molar-refractivity contribution in [3.63, 3.8) is 0 Å². The molecule has 2 rings (SSSR count). The summed E-state index contributed by atoms with van der Waals surface area (Å²) in [4.78, 5) is 28.4. The van der Waals surface area contributed by atoms with E-state index in [1.807, 2.05) is 32.0 Å². The molecule has 0 unspecified atom stereocenters. The summed E-state index contributed by atoms with van der Waals surface area (Å²) in [6.07, 6.45) is 1.13. The average molecular weight is 314 g/mol. The molecular weight excluding hydrogens is 296 g/mol. The molecule has 0 saturated carbocycles. The van der Waals surface area contributed by atoms with Gasteiger partial charge in [-0.15, -0.1) is 0 Å². The maximum atomic E-state index is 12.3. The van der Waals surface area contributed by atoms with Gasteiger partial charge in [-0.2, -0.15) is 0 Å². The maximum Gasteiger partial charge on any atom is 0.287 e. The zero-order valence-corrected chi connectivity index (χ0v) is 13.5. The standard InChI is InChI=1S/C16H18N4O3/c1-10-7-12(5-6-14(10)19(3)4)16(21)18-15-11(2)8-13(9-17-15)20(22)23/h5-9H,1-4H3,(H,17,18,21). The van der Waals surface area contributed by atoms with E-state index in [-0.39, 0.29) is 11.6 Å². The van der Waals surface area contributed by atoms with Gasteiger partial charge in [0, 0.05) is 31.4 Å². The summed E-state index contributed by atoms with van der Waals surface area (Å²) >= 11 is 0. The monoisotopic (exact) mass is 314 g/mol. The molecule has 0 atom stereocenters. The normalized spacial score (nSPS) is 10.3. The summed E-state index contributed by atoms with van der Waals surface area (Å²) < 4.78 is 0. The first-order valence-electron chi connectivity index (χ1n) is 7.00. The van der Waals surface area contributed by atoms with E-state index < -0.39 is 4.92 Å². The van der Waals surface area contributed by atoms with Crippen LogP contribution in [0.15, 0.2) is 30.5 Å². The van der Waals surface area contributed by atoms with E-state index in [4.69, 9.17) is 0 Å². The van der Waals surface area contributed by atoms with E-state index in [1.54, 1.807) is 19.1 Å². The van der Waals surface area contributed by atoms with Gasteiger partial charge >= 0.3 is 0 Å². The second-order valence-corrected chi connectivity index (χ2v) is 5.47. The molecule has 0 aliphatic heterocycles. The summed E-state index contributed by atoms with van der Waals surface area (Å²) in [5, 5.41) is 13.4. The lowest BCUT2D eigenvalue weighted by Crippen LogP contribution is -2.15. The van der Waals surface area contributed by atoms with Crippen LogP contribution >= 0.6 is 0 Å². The third-order valence-electron chi connectivity index (χ3n) is 3.45. The molecule has 0 aliphatic carbocycles. The predicted octanol–water partition coefficient (Wildman–Crippen LogP) is 2.92. The van der Waals surface area contributed by atoms with Gasteiger partial charge in [0.25, 0.3) is 11.6 Å². The number of anilines is 2. The van der Waals surface area contributed by atoms with Crippen molar-refractivity contribution in [3.8, 4) is 0 Å². The number of rotatable bonds is 4. The molecule has 23 heavy (non-hydrogen) atoms. The minimum Gasteiger partial charge on any atom is -0.377 e. The smallest absolute Gasteiger partial charge is 0.287 e. The molecule has 0 saturated heterocycles. The molecule has 0 bridgehead atoms. The van der Waals surface area contributed by atoms with Gasteiger partial charge < -0.3 is 10.2 Å². The fourth-order valence-electron chi connectivity index (χ4n) is 2.27. The zero-order valence-electron chi connectivity index (χ0n) is 13.5. The van der Waals surface area contributed by atoms with Gasteiger partial charge in [-0.1, -0.05) is 0 Å². The topological polar surface area (TPSA) is 88.4 Å². The van der Waals surface area contributed by atoms with E-state index in [0.29, 0.717) is 16.9 Å². The Labute approximate surface area is 134 Å². The van der Waals surface area contributed by atoms with Crippen LogP contribution < -0.4 is 10.2 Å². The molecule has 2 aromatic rings. The molecule has 0 radical (unpaired) electrons. The van der Waals surface area contributed by atoms with Gasteiger partial charge in [-0.3, -0.25) is 14.9 Å². The lowest BCUT2D eigenvalue weighted by molar-refractivity contribution is -0.385. The highest BCUT2D eigenvalue weighted by Gasteiger charge is 2.13. The van der Waals surface area contributed by atoms with Crippen molar-refractivity contribution in [3.05, 3.63) is 57.3 Å². The van der Waals surface area contributed by atoms with Crippen molar-refractivity contribution in [1.29, 1.82) is 0 Å². The van der Waals surface area contributed by atoms with Crippen LogP contribution in [0.3, 0.4) is 0 Å². The Morgan fingerprint density at radius 2 is 1.91 bits per heavy atom. The molecule has 1 aromatic heterocycles. The molecular formula is C16H18N4O3.